The Morgan fingerprint density at radius 2 is 2.33 bits per heavy atom. The Bertz CT molecular complexity index is 397. The summed E-state index contributed by atoms with van der Waals surface area (Å²) in [4.78, 5) is 8.66. The molecule has 100 valence electrons. The lowest BCUT2D eigenvalue weighted by Crippen LogP contribution is -2.41. The molecule has 2 unspecified atom stereocenters. The molecule has 0 saturated carbocycles. The minimum atomic E-state index is 0.477. The predicted molar refractivity (Wildman–Crippen MR) is 72.0 cm³/mol. The highest BCUT2D eigenvalue weighted by Gasteiger charge is 2.18. The highest BCUT2D eigenvalue weighted by Crippen LogP contribution is 2.18. The number of aryl methyl sites for hydroxylation is 1. The molecule has 1 aliphatic heterocycles. The first kappa shape index (κ1) is 13.1. The minimum absolute atomic E-state index is 0.477. The molecule has 5 nitrogen and oxygen atoms in total. The minimum Gasteiger partial charge on any atom is -0.478 e. The molecule has 2 rings (SSSR count). The fourth-order valence-electron chi connectivity index (χ4n) is 2.31. The Labute approximate surface area is 108 Å². The zero-order valence-electron chi connectivity index (χ0n) is 11.4. The van der Waals surface area contributed by atoms with Gasteiger partial charge in [0.15, 0.2) is 0 Å². The van der Waals surface area contributed by atoms with Crippen molar-refractivity contribution in [3.05, 3.63) is 11.9 Å². The van der Waals surface area contributed by atoms with Gasteiger partial charge in [-0.1, -0.05) is 0 Å². The molecule has 1 saturated heterocycles. The van der Waals surface area contributed by atoms with Gasteiger partial charge in [0.25, 0.3) is 0 Å². The standard InChI is InChI=1S/C13H22N4O/c1-4-18-13-8-12(15-10(3)16-13)17-11-5-6-14-9(2)7-11/h8-9,11,14H,4-7H2,1-3H3,(H,15,16,17). The second kappa shape index (κ2) is 6.00. The van der Waals surface area contributed by atoms with Crippen LogP contribution in [0.4, 0.5) is 5.82 Å². The van der Waals surface area contributed by atoms with Crippen LogP contribution in [0.1, 0.15) is 32.5 Å². The summed E-state index contributed by atoms with van der Waals surface area (Å²) in [5.41, 5.74) is 0. The Balaban J connectivity index is 2.03. The van der Waals surface area contributed by atoms with E-state index in [1.807, 2.05) is 19.9 Å². The van der Waals surface area contributed by atoms with Crippen molar-refractivity contribution < 1.29 is 4.74 Å². The van der Waals surface area contributed by atoms with Crippen molar-refractivity contribution in [3.8, 4) is 5.88 Å². The second-order valence-corrected chi connectivity index (χ2v) is 4.79. The molecule has 18 heavy (non-hydrogen) atoms. The Kier molecular flexibility index (Phi) is 4.36. The van der Waals surface area contributed by atoms with Gasteiger partial charge in [-0.3, -0.25) is 0 Å². The molecule has 1 fully saturated rings. The summed E-state index contributed by atoms with van der Waals surface area (Å²) in [7, 11) is 0. The SMILES string of the molecule is CCOc1cc(NC2CCNC(C)C2)nc(C)n1. The van der Waals surface area contributed by atoms with Gasteiger partial charge in [-0.25, -0.2) is 4.98 Å². The number of aromatic nitrogens is 2. The molecule has 2 heterocycles. The molecule has 2 atom stereocenters. The van der Waals surface area contributed by atoms with Crippen LogP contribution in [0.5, 0.6) is 5.88 Å². The number of anilines is 1. The lowest BCUT2D eigenvalue weighted by atomic mass is 10.0. The third-order valence-corrected chi connectivity index (χ3v) is 3.08. The van der Waals surface area contributed by atoms with Crippen molar-refractivity contribution in [1.29, 1.82) is 0 Å². The van der Waals surface area contributed by atoms with Crippen LogP contribution < -0.4 is 15.4 Å². The van der Waals surface area contributed by atoms with Crippen LogP contribution in [0, 0.1) is 6.92 Å². The van der Waals surface area contributed by atoms with Gasteiger partial charge in [-0.05, 0) is 40.2 Å². The quantitative estimate of drug-likeness (QED) is 0.852. The monoisotopic (exact) mass is 250 g/mol. The van der Waals surface area contributed by atoms with E-state index in [0.29, 0.717) is 24.6 Å². The molecule has 0 radical (unpaired) electrons. The van der Waals surface area contributed by atoms with E-state index in [9.17, 15) is 0 Å². The van der Waals surface area contributed by atoms with Crippen LogP contribution >= 0.6 is 0 Å². The van der Waals surface area contributed by atoms with Gasteiger partial charge in [0.05, 0.1) is 6.61 Å². The van der Waals surface area contributed by atoms with Crippen LogP contribution in [0.15, 0.2) is 6.07 Å². The topological polar surface area (TPSA) is 59.1 Å². The maximum absolute atomic E-state index is 5.43. The van der Waals surface area contributed by atoms with Gasteiger partial charge in [-0.15, -0.1) is 0 Å². The highest BCUT2D eigenvalue weighted by atomic mass is 16.5. The van der Waals surface area contributed by atoms with Crippen LogP contribution in [-0.2, 0) is 0 Å². The van der Waals surface area contributed by atoms with E-state index >= 15 is 0 Å². The number of hydrogen-bond acceptors (Lipinski definition) is 5. The first-order valence-corrected chi connectivity index (χ1v) is 6.65. The van der Waals surface area contributed by atoms with E-state index in [2.05, 4.69) is 27.5 Å². The maximum Gasteiger partial charge on any atom is 0.218 e. The average molecular weight is 250 g/mol. The summed E-state index contributed by atoms with van der Waals surface area (Å²) in [6, 6.07) is 2.92. The molecule has 0 amide bonds. The number of piperidine rings is 1. The summed E-state index contributed by atoms with van der Waals surface area (Å²) in [6.07, 6.45) is 2.24. The van der Waals surface area contributed by atoms with Gasteiger partial charge in [0, 0.05) is 18.2 Å². The van der Waals surface area contributed by atoms with Crippen molar-refractivity contribution in [1.82, 2.24) is 15.3 Å². The molecule has 1 aromatic rings. The highest BCUT2D eigenvalue weighted by molar-refractivity contribution is 5.39. The lowest BCUT2D eigenvalue weighted by Gasteiger charge is -2.29. The van der Waals surface area contributed by atoms with Gasteiger partial charge >= 0.3 is 0 Å². The fraction of sp³-hybridized carbons (Fsp3) is 0.692. The zero-order valence-corrected chi connectivity index (χ0v) is 11.4. The van der Waals surface area contributed by atoms with E-state index in [1.165, 1.54) is 0 Å². The van der Waals surface area contributed by atoms with Crippen LogP contribution in [0.3, 0.4) is 0 Å². The largest absolute Gasteiger partial charge is 0.478 e. The van der Waals surface area contributed by atoms with Gasteiger partial charge in [0.1, 0.15) is 11.6 Å². The molecule has 1 aliphatic rings. The first-order valence-electron chi connectivity index (χ1n) is 6.65. The molecular formula is C13H22N4O. The average Bonchev–Trinajstić information content (AvgIpc) is 2.28. The van der Waals surface area contributed by atoms with Gasteiger partial charge in [0.2, 0.25) is 5.88 Å². The Morgan fingerprint density at radius 1 is 1.50 bits per heavy atom. The number of nitrogens with one attached hydrogen (secondary N) is 2. The summed E-state index contributed by atoms with van der Waals surface area (Å²) >= 11 is 0. The number of ether oxygens (including phenoxy) is 1. The van der Waals surface area contributed by atoms with Crippen LogP contribution in [0.25, 0.3) is 0 Å². The lowest BCUT2D eigenvalue weighted by molar-refractivity contribution is 0.325. The van der Waals surface area contributed by atoms with E-state index in [-0.39, 0.29) is 0 Å². The summed E-state index contributed by atoms with van der Waals surface area (Å²) in [5.74, 6) is 2.25. The molecule has 0 aliphatic carbocycles. The van der Waals surface area contributed by atoms with Crippen molar-refractivity contribution in [2.75, 3.05) is 18.5 Å². The number of rotatable bonds is 4. The summed E-state index contributed by atoms with van der Waals surface area (Å²) in [6.45, 7) is 7.74. The van der Waals surface area contributed by atoms with Crippen molar-refractivity contribution in [2.24, 2.45) is 0 Å². The molecule has 2 N–H and O–H groups in total. The number of hydrogen-bond donors (Lipinski definition) is 2. The van der Waals surface area contributed by atoms with Gasteiger partial charge < -0.3 is 15.4 Å². The smallest absolute Gasteiger partial charge is 0.218 e. The van der Waals surface area contributed by atoms with Gasteiger partial charge in [-0.2, -0.15) is 4.98 Å². The van der Waals surface area contributed by atoms with Crippen molar-refractivity contribution in [3.63, 3.8) is 0 Å². The fourth-order valence-corrected chi connectivity index (χ4v) is 2.31. The maximum atomic E-state index is 5.43. The summed E-state index contributed by atoms with van der Waals surface area (Å²) in [5, 5.41) is 6.92. The molecule has 0 bridgehead atoms. The van der Waals surface area contributed by atoms with Crippen molar-refractivity contribution in [2.45, 2.75) is 45.7 Å². The van der Waals surface area contributed by atoms with Crippen LogP contribution in [-0.4, -0.2) is 35.2 Å². The molecule has 0 spiro atoms. The van der Waals surface area contributed by atoms with E-state index in [0.717, 1.165) is 31.0 Å². The number of nitrogens with zero attached hydrogens (tertiary/aromatic N) is 2. The van der Waals surface area contributed by atoms with Crippen molar-refractivity contribution >= 4 is 5.82 Å². The zero-order chi connectivity index (χ0) is 13.0. The van der Waals surface area contributed by atoms with E-state index in [1.54, 1.807) is 0 Å². The molecule has 1 aromatic heterocycles. The van der Waals surface area contributed by atoms with E-state index in [4.69, 9.17) is 4.74 Å². The second-order valence-electron chi connectivity index (χ2n) is 4.79. The molecular weight excluding hydrogens is 228 g/mol. The van der Waals surface area contributed by atoms with Crippen LogP contribution in [0.2, 0.25) is 0 Å². The summed E-state index contributed by atoms with van der Waals surface area (Å²) < 4.78 is 5.43. The normalized spacial score (nSPS) is 23.7. The molecule has 5 heteroatoms. The predicted octanol–water partition coefficient (Wildman–Crippen LogP) is 1.74. The molecule has 0 aromatic carbocycles. The van der Waals surface area contributed by atoms with E-state index < -0.39 is 0 Å². The third kappa shape index (κ3) is 3.57. The first-order chi connectivity index (χ1) is 8.67. The Morgan fingerprint density at radius 3 is 3.06 bits per heavy atom. The third-order valence-electron chi connectivity index (χ3n) is 3.08. The Hall–Kier alpha value is -1.36.